The van der Waals surface area contributed by atoms with E-state index in [4.69, 9.17) is 4.74 Å². The molecule has 0 aromatic heterocycles. The third kappa shape index (κ3) is 5.37. The van der Waals surface area contributed by atoms with Gasteiger partial charge < -0.3 is 9.64 Å². The van der Waals surface area contributed by atoms with Gasteiger partial charge in [0.2, 0.25) is 0 Å². The van der Waals surface area contributed by atoms with Gasteiger partial charge in [0.15, 0.2) is 0 Å². The fraction of sp³-hybridized carbons (Fsp3) is 0.667. The number of ether oxygens (including phenoxy) is 1. The second-order valence-electron chi connectivity index (χ2n) is 9.02. The number of rotatable bonds is 2. The van der Waals surface area contributed by atoms with E-state index < -0.39 is 17.3 Å². The van der Waals surface area contributed by atoms with Crippen molar-refractivity contribution in [1.82, 2.24) is 9.80 Å². The van der Waals surface area contributed by atoms with Gasteiger partial charge in [-0.25, -0.2) is 4.79 Å². The van der Waals surface area contributed by atoms with E-state index in [9.17, 15) is 18.0 Å². The molecule has 4 nitrogen and oxygen atoms in total. The molecule has 1 aromatic rings. The number of alkyl halides is 3. The lowest BCUT2D eigenvalue weighted by molar-refractivity contribution is -0.137. The van der Waals surface area contributed by atoms with E-state index in [1.807, 2.05) is 43.4 Å². The summed E-state index contributed by atoms with van der Waals surface area (Å²) in [6.45, 7) is 8.46. The fourth-order valence-corrected chi connectivity index (χ4v) is 4.98. The molecule has 29 heavy (non-hydrogen) atoms. The first kappa shape index (κ1) is 22.7. The number of halogens is 4. The van der Waals surface area contributed by atoms with Gasteiger partial charge in [-0.15, -0.1) is 0 Å². The van der Waals surface area contributed by atoms with Crippen LogP contribution in [0.3, 0.4) is 0 Å². The summed E-state index contributed by atoms with van der Waals surface area (Å²) in [6, 6.07) is 4.00. The van der Waals surface area contributed by atoms with E-state index in [-0.39, 0.29) is 11.6 Å². The van der Waals surface area contributed by atoms with Gasteiger partial charge in [-0.2, -0.15) is 13.2 Å². The Morgan fingerprint density at radius 2 is 1.79 bits per heavy atom. The van der Waals surface area contributed by atoms with E-state index in [1.54, 1.807) is 11.0 Å². The molecule has 2 heterocycles. The third-order valence-electron chi connectivity index (χ3n) is 5.83. The number of carbonyl (C=O) groups excluding carboxylic acids is 1. The molecule has 0 aliphatic carbocycles. The SMILES string of the molecule is CC(C)(C)OC(=O)N1CCC2(CCCN2Cc2ccc(C(F)(F)F)cc2I)CC1. The summed E-state index contributed by atoms with van der Waals surface area (Å²) in [5.74, 6) is 0. The van der Waals surface area contributed by atoms with Gasteiger partial charge in [-0.1, -0.05) is 6.07 Å². The number of nitrogens with zero attached hydrogens (tertiary/aromatic N) is 2. The second-order valence-corrected chi connectivity index (χ2v) is 10.2. The number of benzene rings is 1. The molecule has 0 atom stereocenters. The van der Waals surface area contributed by atoms with Crippen molar-refractivity contribution in [2.45, 2.75) is 70.3 Å². The molecule has 0 bridgehead atoms. The molecule has 1 aromatic carbocycles. The van der Waals surface area contributed by atoms with E-state index in [2.05, 4.69) is 4.90 Å². The molecule has 3 rings (SSSR count). The zero-order valence-corrected chi connectivity index (χ0v) is 19.3. The maximum Gasteiger partial charge on any atom is 0.416 e. The number of likely N-dealkylation sites (tertiary alicyclic amines) is 2. The molecule has 8 heteroatoms. The molecule has 2 aliphatic rings. The van der Waals surface area contributed by atoms with Crippen LogP contribution in [0.5, 0.6) is 0 Å². The van der Waals surface area contributed by atoms with Crippen molar-refractivity contribution in [3.63, 3.8) is 0 Å². The number of hydrogen-bond donors (Lipinski definition) is 0. The topological polar surface area (TPSA) is 32.8 Å². The van der Waals surface area contributed by atoms with Gasteiger partial charge in [0.1, 0.15) is 5.60 Å². The van der Waals surface area contributed by atoms with Crippen LogP contribution in [0.15, 0.2) is 18.2 Å². The van der Waals surface area contributed by atoms with Crippen molar-refractivity contribution in [3.05, 3.63) is 32.9 Å². The minimum atomic E-state index is -4.32. The lowest BCUT2D eigenvalue weighted by Crippen LogP contribution is -2.53. The van der Waals surface area contributed by atoms with Crippen LogP contribution < -0.4 is 0 Å². The summed E-state index contributed by atoms with van der Waals surface area (Å²) in [6.07, 6.45) is -0.723. The Hall–Kier alpha value is -1.03. The van der Waals surface area contributed by atoms with Crippen LogP contribution in [0.2, 0.25) is 0 Å². The van der Waals surface area contributed by atoms with Crippen LogP contribution in [0, 0.1) is 3.57 Å². The Morgan fingerprint density at radius 3 is 2.34 bits per heavy atom. The smallest absolute Gasteiger partial charge is 0.416 e. The summed E-state index contributed by atoms with van der Waals surface area (Å²) < 4.78 is 44.9. The average Bonchev–Trinajstić information content (AvgIpc) is 2.97. The molecular weight excluding hydrogens is 496 g/mol. The quantitative estimate of drug-likeness (QED) is 0.468. The highest BCUT2D eigenvalue weighted by Crippen LogP contribution is 2.40. The average molecular weight is 524 g/mol. The number of carbonyl (C=O) groups is 1. The van der Waals surface area contributed by atoms with E-state index in [0.29, 0.717) is 23.2 Å². The van der Waals surface area contributed by atoms with Crippen LogP contribution >= 0.6 is 22.6 Å². The van der Waals surface area contributed by atoms with Crippen molar-refractivity contribution >= 4 is 28.7 Å². The predicted molar refractivity (Wildman–Crippen MR) is 114 cm³/mol. The Labute approximate surface area is 183 Å². The van der Waals surface area contributed by atoms with Gasteiger partial charge in [-0.3, -0.25) is 4.90 Å². The molecule has 2 fully saturated rings. The first-order chi connectivity index (χ1) is 13.4. The minimum absolute atomic E-state index is 0.0181. The van der Waals surface area contributed by atoms with E-state index in [0.717, 1.165) is 37.8 Å². The normalized spacial score (nSPS) is 20.3. The van der Waals surface area contributed by atoms with Crippen LogP contribution in [-0.2, 0) is 17.5 Å². The zero-order chi connectivity index (χ0) is 21.4. The second kappa shape index (κ2) is 8.24. The zero-order valence-electron chi connectivity index (χ0n) is 17.1. The Kier molecular flexibility index (Phi) is 6.44. The third-order valence-corrected chi connectivity index (χ3v) is 6.83. The summed E-state index contributed by atoms with van der Waals surface area (Å²) in [7, 11) is 0. The number of hydrogen-bond acceptors (Lipinski definition) is 3. The molecule has 2 saturated heterocycles. The van der Waals surface area contributed by atoms with Gasteiger partial charge in [0, 0.05) is 28.7 Å². The summed E-state index contributed by atoms with van der Waals surface area (Å²) in [5, 5.41) is 0. The largest absolute Gasteiger partial charge is 0.444 e. The van der Waals surface area contributed by atoms with Gasteiger partial charge >= 0.3 is 12.3 Å². The van der Waals surface area contributed by atoms with Gasteiger partial charge in [0.05, 0.1) is 5.56 Å². The van der Waals surface area contributed by atoms with Crippen molar-refractivity contribution in [1.29, 1.82) is 0 Å². The van der Waals surface area contributed by atoms with Crippen molar-refractivity contribution in [2.24, 2.45) is 0 Å². The first-order valence-electron chi connectivity index (χ1n) is 9.98. The molecule has 1 spiro atoms. The van der Waals surface area contributed by atoms with Crippen LogP contribution in [0.4, 0.5) is 18.0 Å². The molecular formula is C21H28F3IN2O2. The van der Waals surface area contributed by atoms with Crippen LogP contribution in [0.1, 0.15) is 57.6 Å². The summed E-state index contributed by atoms with van der Waals surface area (Å²) in [4.78, 5) is 16.5. The molecule has 162 valence electrons. The lowest BCUT2D eigenvalue weighted by atomic mass is 9.85. The molecule has 1 amide bonds. The lowest BCUT2D eigenvalue weighted by Gasteiger charge is -2.45. The standard InChI is InChI=1S/C21H28F3IN2O2/c1-19(2,3)29-18(28)26-11-8-20(9-12-26)7-4-10-27(20)14-15-5-6-16(13-17(15)25)21(22,23)24/h5-6,13H,4,7-12,14H2,1-3H3. The number of piperidine rings is 1. The highest BCUT2D eigenvalue weighted by atomic mass is 127. The van der Waals surface area contributed by atoms with Crippen molar-refractivity contribution in [3.8, 4) is 0 Å². The molecule has 0 saturated carbocycles. The molecule has 0 radical (unpaired) electrons. The molecule has 0 N–H and O–H groups in total. The van der Waals surface area contributed by atoms with Crippen molar-refractivity contribution < 1.29 is 22.7 Å². The maximum absolute atomic E-state index is 12.9. The maximum atomic E-state index is 12.9. The minimum Gasteiger partial charge on any atom is -0.444 e. The molecule has 0 unspecified atom stereocenters. The summed E-state index contributed by atoms with van der Waals surface area (Å²) in [5.41, 5.74) is -0.170. The predicted octanol–water partition coefficient (Wildman–Crippen LogP) is 5.68. The fourth-order valence-electron chi connectivity index (χ4n) is 4.30. The molecule has 2 aliphatic heterocycles. The Balaban J connectivity index is 1.66. The van der Waals surface area contributed by atoms with Gasteiger partial charge in [0.25, 0.3) is 0 Å². The highest BCUT2D eigenvalue weighted by molar-refractivity contribution is 14.1. The van der Waals surface area contributed by atoms with Gasteiger partial charge in [-0.05, 0) is 93.3 Å². The van der Waals surface area contributed by atoms with Crippen LogP contribution in [0.25, 0.3) is 0 Å². The van der Waals surface area contributed by atoms with Crippen molar-refractivity contribution in [2.75, 3.05) is 19.6 Å². The van der Waals surface area contributed by atoms with Crippen LogP contribution in [-0.4, -0.2) is 46.7 Å². The Bertz CT molecular complexity index is 753. The Morgan fingerprint density at radius 1 is 1.14 bits per heavy atom. The van der Waals surface area contributed by atoms with E-state index in [1.165, 1.54) is 12.1 Å². The summed E-state index contributed by atoms with van der Waals surface area (Å²) >= 11 is 2.00. The highest BCUT2D eigenvalue weighted by Gasteiger charge is 2.44. The monoisotopic (exact) mass is 524 g/mol. The van der Waals surface area contributed by atoms with E-state index >= 15 is 0 Å². The first-order valence-corrected chi connectivity index (χ1v) is 11.1. The number of amides is 1.